The van der Waals surface area contributed by atoms with Crippen LogP contribution in [-0.4, -0.2) is 30.0 Å². The van der Waals surface area contributed by atoms with Gasteiger partial charge in [-0.05, 0) is 6.92 Å². The molecule has 0 aromatic rings. The van der Waals surface area contributed by atoms with Gasteiger partial charge in [-0.25, -0.2) is 4.79 Å². The number of nitrogens with two attached hydrogens (primary N) is 1. The number of aliphatic imine (C=N–C) groups is 1. The summed E-state index contributed by atoms with van der Waals surface area (Å²) in [4.78, 5) is 13.3. The van der Waals surface area contributed by atoms with Gasteiger partial charge >= 0.3 is 12.1 Å². The predicted octanol–water partition coefficient (Wildman–Crippen LogP) is 0.937. The van der Waals surface area contributed by atoms with E-state index in [-0.39, 0.29) is 0 Å². The van der Waals surface area contributed by atoms with Gasteiger partial charge in [0.05, 0.1) is 0 Å². The summed E-state index contributed by atoms with van der Waals surface area (Å²) in [5, 5.41) is 8.49. The average Bonchev–Trinajstić information content (AvgIpc) is 1.95. The molecule has 0 aliphatic carbocycles. The van der Waals surface area contributed by atoms with Gasteiger partial charge in [-0.15, -0.1) is 0 Å². The quantitative estimate of drug-likeness (QED) is 0.526. The Morgan fingerprint density at radius 3 is 1.93 bits per heavy atom. The van der Waals surface area contributed by atoms with E-state index in [2.05, 4.69) is 4.99 Å². The molecule has 0 amide bonds. The van der Waals surface area contributed by atoms with E-state index < -0.39 is 29.1 Å². The third-order valence-electron chi connectivity index (χ3n) is 1.34. The van der Waals surface area contributed by atoms with Gasteiger partial charge in [-0.3, -0.25) is 4.99 Å². The standard InChI is InChI=1S/C7H9F3N2O2/c1-3(11)4(6(13)14)5(12-2)7(8,9)10/h11H2,1-2H3,(H,13,14). The molecule has 0 radical (unpaired) electrons. The SMILES string of the molecule is CN=C(C(C(=O)O)=C(C)N)C(F)(F)F. The number of allylic oxidation sites excluding steroid dienone is 1. The smallest absolute Gasteiger partial charge is 0.433 e. The minimum atomic E-state index is -4.82. The second kappa shape index (κ2) is 4.12. The lowest BCUT2D eigenvalue weighted by atomic mass is 10.1. The maximum Gasteiger partial charge on any atom is 0.433 e. The van der Waals surface area contributed by atoms with Crippen LogP contribution >= 0.6 is 0 Å². The van der Waals surface area contributed by atoms with Gasteiger partial charge in [0.2, 0.25) is 0 Å². The highest BCUT2D eigenvalue weighted by Crippen LogP contribution is 2.23. The normalized spacial score (nSPS) is 15.1. The largest absolute Gasteiger partial charge is 0.478 e. The van der Waals surface area contributed by atoms with Gasteiger partial charge in [0.1, 0.15) is 5.57 Å². The van der Waals surface area contributed by atoms with Crippen LogP contribution in [0.5, 0.6) is 0 Å². The van der Waals surface area contributed by atoms with Crippen molar-refractivity contribution >= 4 is 11.7 Å². The highest BCUT2D eigenvalue weighted by Gasteiger charge is 2.40. The van der Waals surface area contributed by atoms with Crippen molar-refractivity contribution in [2.45, 2.75) is 13.1 Å². The van der Waals surface area contributed by atoms with E-state index in [1.54, 1.807) is 0 Å². The first-order valence-electron chi connectivity index (χ1n) is 3.45. The fraction of sp³-hybridized carbons (Fsp3) is 0.429. The molecule has 0 spiro atoms. The van der Waals surface area contributed by atoms with Crippen LogP contribution < -0.4 is 5.73 Å². The third kappa shape index (κ3) is 2.75. The zero-order valence-corrected chi connectivity index (χ0v) is 7.51. The predicted molar refractivity (Wildman–Crippen MR) is 43.9 cm³/mol. The number of carbonyl (C=O) groups is 1. The topological polar surface area (TPSA) is 75.7 Å². The minimum Gasteiger partial charge on any atom is -0.478 e. The molecule has 0 saturated heterocycles. The van der Waals surface area contributed by atoms with E-state index in [1.165, 1.54) is 0 Å². The summed E-state index contributed by atoms with van der Waals surface area (Å²) in [5.41, 5.74) is 2.10. The maximum atomic E-state index is 12.2. The zero-order chi connectivity index (χ0) is 11.5. The molecule has 0 atom stereocenters. The highest BCUT2D eigenvalue weighted by molar-refractivity contribution is 6.21. The fourth-order valence-electron chi connectivity index (χ4n) is 0.837. The van der Waals surface area contributed by atoms with Crippen molar-refractivity contribution in [3.8, 4) is 0 Å². The molecule has 3 N–H and O–H groups in total. The molecule has 0 saturated carbocycles. The summed E-state index contributed by atoms with van der Waals surface area (Å²) >= 11 is 0. The van der Waals surface area contributed by atoms with Crippen LogP contribution in [0.3, 0.4) is 0 Å². The van der Waals surface area contributed by atoms with Crippen molar-refractivity contribution < 1.29 is 23.1 Å². The molecule has 0 unspecified atom stereocenters. The number of rotatable bonds is 2. The van der Waals surface area contributed by atoms with Crippen molar-refractivity contribution in [3.63, 3.8) is 0 Å². The van der Waals surface area contributed by atoms with E-state index in [0.717, 1.165) is 14.0 Å². The van der Waals surface area contributed by atoms with Crippen LogP contribution in [0.1, 0.15) is 6.92 Å². The second-order valence-corrected chi connectivity index (χ2v) is 2.43. The lowest BCUT2D eigenvalue weighted by Gasteiger charge is -2.11. The molecular formula is C7H9F3N2O2. The van der Waals surface area contributed by atoms with Crippen LogP contribution in [0.15, 0.2) is 16.3 Å². The Morgan fingerprint density at radius 1 is 1.43 bits per heavy atom. The maximum absolute atomic E-state index is 12.2. The Bertz CT molecular complexity index is 301. The lowest BCUT2D eigenvalue weighted by Crippen LogP contribution is -2.30. The highest BCUT2D eigenvalue weighted by atomic mass is 19.4. The van der Waals surface area contributed by atoms with E-state index in [1.807, 2.05) is 0 Å². The zero-order valence-electron chi connectivity index (χ0n) is 7.51. The van der Waals surface area contributed by atoms with Crippen LogP contribution in [0, 0.1) is 0 Å². The minimum absolute atomic E-state index is 0.435. The molecule has 80 valence electrons. The summed E-state index contributed by atoms with van der Waals surface area (Å²) < 4.78 is 36.6. The van der Waals surface area contributed by atoms with Gasteiger partial charge < -0.3 is 10.8 Å². The van der Waals surface area contributed by atoms with E-state index in [4.69, 9.17) is 10.8 Å². The number of nitrogens with zero attached hydrogens (tertiary/aromatic N) is 1. The Hall–Kier alpha value is -1.53. The van der Waals surface area contributed by atoms with Crippen molar-refractivity contribution in [2.75, 3.05) is 7.05 Å². The van der Waals surface area contributed by atoms with Crippen molar-refractivity contribution in [3.05, 3.63) is 11.3 Å². The first-order valence-corrected chi connectivity index (χ1v) is 3.45. The van der Waals surface area contributed by atoms with Crippen molar-refractivity contribution in [2.24, 2.45) is 10.7 Å². The number of hydrogen-bond acceptors (Lipinski definition) is 3. The van der Waals surface area contributed by atoms with Crippen molar-refractivity contribution in [1.82, 2.24) is 0 Å². The summed E-state index contributed by atoms with van der Waals surface area (Å²) in [5.74, 6) is -1.75. The number of halogens is 3. The Labute approximate surface area is 77.9 Å². The molecule has 0 bridgehead atoms. The molecule has 4 nitrogen and oxygen atoms in total. The molecule has 0 aromatic heterocycles. The number of hydrogen-bond donors (Lipinski definition) is 2. The van der Waals surface area contributed by atoms with Crippen LogP contribution in [-0.2, 0) is 4.79 Å². The van der Waals surface area contributed by atoms with Gasteiger partial charge in [0.25, 0.3) is 0 Å². The first kappa shape index (κ1) is 12.5. The molecule has 0 heterocycles. The number of aliphatic carboxylic acids is 1. The average molecular weight is 210 g/mol. The van der Waals surface area contributed by atoms with Crippen LogP contribution in [0.4, 0.5) is 13.2 Å². The molecule has 0 aliphatic rings. The molecule has 14 heavy (non-hydrogen) atoms. The summed E-state index contributed by atoms with van der Waals surface area (Å²) in [6, 6.07) is 0. The molecule has 0 aliphatic heterocycles. The number of carboxylic acids is 1. The summed E-state index contributed by atoms with van der Waals surface area (Å²) in [6.07, 6.45) is -4.82. The second-order valence-electron chi connectivity index (χ2n) is 2.43. The van der Waals surface area contributed by atoms with Crippen molar-refractivity contribution in [1.29, 1.82) is 0 Å². The monoisotopic (exact) mass is 210 g/mol. The molecule has 0 aromatic carbocycles. The lowest BCUT2D eigenvalue weighted by molar-refractivity contribution is -0.132. The van der Waals surface area contributed by atoms with Gasteiger partial charge in [0.15, 0.2) is 5.71 Å². The Morgan fingerprint density at radius 2 is 1.86 bits per heavy atom. The molecule has 0 rings (SSSR count). The summed E-state index contributed by atoms with van der Waals surface area (Å²) in [7, 11) is 0.856. The van der Waals surface area contributed by atoms with Gasteiger partial charge in [-0.2, -0.15) is 13.2 Å². The number of alkyl halides is 3. The Balaban J connectivity index is 5.46. The van der Waals surface area contributed by atoms with Gasteiger partial charge in [-0.1, -0.05) is 0 Å². The van der Waals surface area contributed by atoms with Crippen LogP contribution in [0.2, 0.25) is 0 Å². The molecular weight excluding hydrogens is 201 g/mol. The number of carboxylic acid groups (broad SMARTS) is 1. The van der Waals surface area contributed by atoms with Gasteiger partial charge in [0, 0.05) is 12.7 Å². The molecule has 0 fully saturated rings. The summed E-state index contributed by atoms with van der Waals surface area (Å²) in [6.45, 7) is 1.07. The Kier molecular flexibility index (Phi) is 3.67. The van der Waals surface area contributed by atoms with E-state index in [0.29, 0.717) is 0 Å². The van der Waals surface area contributed by atoms with Crippen LogP contribution in [0.25, 0.3) is 0 Å². The first-order chi connectivity index (χ1) is 6.21. The van der Waals surface area contributed by atoms with E-state index in [9.17, 15) is 18.0 Å². The fourth-order valence-corrected chi connectivity index (χ4v) is 0.837. The third-order valence-corrected chi connectivity index (χ3v) is 1.34. The molecule has 7 heteroatoms. The van der Waals surface area contributed by atoms with E-state index >= 15 is 0 Å².